The molecule has 7 heteroatoms. The zero-order valence-electron chi connectivity index (χ0n) is 11.6. The SMILES string of the molecule is CNCC1CCN(C(=O)c2ccccc2C(F)(F)F)C1.Cl. The van der Waals surface area contributed by atoms with E-state index in [0.29, 0.717) is 19.0 Å². The van der Waals surface area contributed by atoms with Gasteiger partial charge in [0.25, 0.3) is 5.91 Å². The van der Waals surface area contributed by atoms with Gasteiger partial charge in [0, 0.05) is 13.1 Å². The van der Waals surface area contributed by atoms with Crippen LogP contribution in [0, 0.1) is 5.92 Å². The summed E-state index contributed by atoms with van der Waals surface area (Å²) in [5.41, 5.74) is -1.12. The van der Waals surface area contributed by atoms with Crippen LogP contribution < -0.4 is 5.32 Å². The number of carbonyl (C=O) groups is 1. The Morgan fingerprint density at radius 3 is 2.67 bits per heavy atom. The number of alkyl halides is 3. The van der Waals surface area contributed by atoms with Gasteiger partial charge >= 0.3 is 6.18 Å². The maximum atomic E-state index is 12.9. The predicted molar refractivity (Wildman–Crippen MR) is 76.6 cm³/mol. The van der Waals surface area contributed by atoms with Gasteiger partial charge < -0.3 is 10.2 Å². The van der Waals surface area contributed by atoms with E-state index in [-0.39, 0.29) is 18.0 Å². The van der Waals surface area contributed by atoms with Crippen LogP contribution in [0.2, 0.25) is 0 Å². The number of amides is 1. The molecule has 0 aliphatic carbocycles. The zero-order chi connectivity index (χ0) is 14.8. The first-order chi connectivity index (χ1) is 9.43. The Balaban J connectivity index is 0.00000220. The molecule has 1 aliphatic rings. The van der Waals surface area contributed by atoms with Gasteiger partial charge in [-0.1, -0.05) is 12.1 Å². The van der Waals surface area contributed by atoms with Crippen LogP contribution in [0.15, 0.2) is 24.3 Å². The molecule has 1 aromatic carbocycles. The highest BCUT2D eigenvalue weighted by molar-refractivity contribution is 5.96. The molecule has 21 heavy (non-hydrogen) atoms. The monoisotopic (exact) mass is 322 g/mol. The van der Waals surface area contributed by atoms with Gasteiger partial charge in [0.2, 0.25) is 0 Å². The van der Waals surface area contributed by atoms with E-state index in [1.54, 1.807) is 0 Å². The summed E-state index contributed by atoms with van der Waals surface area (Å²) >= 11 is 0. The molecule has 1 aromatic rings. The van der Waals surface area contributed by atoms with Gasteiger partial charge in [-0.2, -0.15) is 13.2 Å². The van der Waals surface area contributed by atoms with Crippen molar-refractivity contribution >= 4 is 18.3 Å². The maximum absolute atomic E-state index is 12.9. The Morgan fingerprint density at radius 1 is 1.38 bits per heavy atom. The Kier molecular flexibility index (Phi) is 6.04. The number of nitrogens with zero attached hydrogens (tertiary/aromatic N) is 1. The summed E-state index contributed by atoms with van der Waals surface area (Å²) in [6, 6.07) is 4.96. The maximum Gasteiger partial charge on any atom is 0.417 e. The molecule has 2 rings (SSSR count). The van der Waals surface area contributed by atoms with Crippen molar-refractivity contribution < 1.29 is 18.0 Å². The third-order valence-corrected chi connectivity index (χ3v) is 3.53. The summed E-state index contributed by atoms with van der Waals surface area (Å²) in [7, 11) is 1.82. The lowest BCUT2D eigenvalue weighted by Crippen LogP contribution is -2.31. The van der Waals surface area contributed by atoms with Gasteiger partial charge in [-0.05, 0) is 38.1 Å². The van der Waals surface area contributed by atoms with Crippen LogP contribution in [0.1, 0.15) is 22.3 Å². The first-order valence-electron chi connectivity index (χ1n) is 6.53. The minimum atomic E-state index is -4.50. The fourth-order valence-corrected chi connectivity index (χ4v) is 2.56. The molecule has 118 valence electrons. The van der Waals surface area contributed by atoms with Gasteiger partial charge in [-0.25, -0.2) is 0 Å². The van der Waals surface area contributed by atoms with Crippen LogP contribution in [-0.4, -0.2) is 37.5 Å². The number of carbonyl (C=O) groups excluding carboxylic acids is 1. The summed E-state index contributed by atoms with van der Waals surface area (Å²) in [6.45, 7) is 1.79. The highest BCUT2D eigenvalue weighted by Crippen LogP contribution is 2.33. The molecule has 1 saturated heterocycles. The smallest absolute Gasteiger partial charge is 0.338 e. The van der Waals surface area contributed by atoms with E-state index >= 15 is 0 Å². The van der Waals surface area contributed by atoms with Crippen molar-refractivity contribution in [1.82, 2.24) is 10.2 Å². The summed E-state index contributed by atoms with van der Waals surface area (Å²) in [5.74, 6) is -0.224. The largest absolute Gasteiger partial charge is 0.417 e. The van der Waals surface area contributed by atoms with E-state index < -0.39 is 17.6 Å². The third kappa shape index (κ3) is 4.11. The second kappa shape index (κ2) is 7.13. The summed E-state index contributed by atoms with van der Waals surface area (Å²) in [4.78, 5) is 13.8. The summed E-state index contributed by atoms with van der Waals surface area (Å²) < 4.78 is 38.7. The second-order valence-corrected chi connectivity index (χ2v) is 5.01. The van der Waals surface area contributed by atoms with Crippen LogP contribution in [-0.2, 0) is 6.18 Å². The lowest BCUT2D eigenvalue weighted by molar-refractivity contribution is -0.138. The molecule has 0 aromatic heterocycles. The average Bonchev–Trinajstić information content (AvgIpc) is 2.86. The van der Waals surface area contributed by atoms with Crippen LogP contribution >= 0.6 is 12.4 Å². The van der Waals surface area contributed by atoms with E-state index in [0.717, 1.165) is 19.0 Å². The van der Waals surface area contributed by atoms with Gasteiger partial charge in [0.15, 0.2) is 0 Å². The van der Waals surface area contributed by atoms with E-state index in [4.69, 9.17) is 0 Å². The number of likely N-dealkylation sites (tertiary alicyclic amines) is 1. The van der Waals surface area contributed by atoms with E-state index in [1.165, 1.54) is 23.1 Å². The molecule has 0 spiro atoms. The van der Waals surface area contributed by atoms with E-state index in [9.17, 15) is 18.0 Å². The van der Waals surface area contributed by atoms with Crippen molar-refractivity contribution in [3.05, 3.63) is 35.4 Å². The quantitative estimate of drug-likeness (QED) is 0.928. The summed E-state index contributed by atoms with van der Waals surface area (Å²) in [6.07, 6.45) is -3.68. The molecular formula is C14H18ClF3N2O. The Hall–Kier alpha value is -1.27. The lowest BCUT2D eigenvalue weighted by atomic mass is 10.1. The van der Waals surface area contributed by atoms with Crippen LogP contribution in [0.5, 0.6) is 0 Å². The highest BCUT2D eigenvalue weighted by Gasteiger charge is 2.37. The van der Waals surface area contributed by atoms with Crippen molar-refractivity contribution in [3.63, 3.8) is 0 Å². The van der Waals surface area contributed by atoms with Crippen molar-refractivity contribution in [2.75, 3.05) is 26.7 Å². The van der Waals surface area contributed by atoms with Crippen molar-refractivity contribution in [2.45, 2.75) is 12.6 Å². The number of nitrogens with one attached hydrogen (secondary N) is 1. The van der Waals surface area contributed by atoms with Gasteiger partial charge in [-0.3, -0.25) is 4.79 Å². The molecule has 1 amide bonds. The first kappa shape index (κ1) is 17.8. The minimum Gasteiger partial charge on any atom is -0.338 e. The zero-order valence-corrected chi connectivity index (χ0v) is 12.4. The number of halogens is 4. The molecule has 1 unspecified atom stereocenters. The lowest BCUT2D eigenvalue weighted by Gasteiger charge is -2.19. The van der Waals surface area contributed by atoms with Gasteiger partial charge in [0.1, 0.15) is 0 Å². The predicted octanol–water partition coefficient (Wildman–Crippen LogP) is 2.81. The number of benzene rings is 1. The molecule has 1 fully saturated rings. The molecule has 1 N–H and O–H groups in total. The molecule has 0 bridgehead atoms. The van der Waals surface area contributed by atoms with Crippen molar-refractivity contribution in [1.29, 1.82) is 0 Å². The van der Waals surface area contributed by atoms with E-state index in [1.807, 2.05) is 7.05 Å². The molecule has 0 radical (unpaired) electrons. The second-order valence-electron chi connectivity index (χ2n) is 5.01. The number of rotatable bonds is 3. The Bertz CT molecular complexity index is 493. The standard InChI is InChI=1S/C14H17F3N2O.ClH/c1-18-8-10-6-7-19(9-10)13(20)11-4-2-3-5-12(11)14(15,16)17;/h2-5,10,18H,6-9H2,1H3;1H. The van der Waals surface area contributed by atoms with Crippen LogP contribution in [0.4, 0.5) is 13.2 Å². The topological polar surface area (TPSA) is 32.3 Å². The molecule has 1 atom stereocenters. The van der Waals surface area contributed by atoms with Crippen molar-refractivity contribution in [3.8, 4) is 0 Å². The van der Waals surface area contributed by atoms with Gasteiger partial charge in [0.05, 0.1) is 11.1 Å². The molecular weight excluding hydrogens is 305 g/mol. The molecule has 1 heterocycles. The number of hydrogen-bond acceptors (Lipinski definition) is 2. The van der Waals surface area contributed by atoms with Gasteiger partial charge in [-0.15, -0.1) is 12.4 Å². The first-order valence-corrected chi connectivity index (χ1v) is 6.53. The normalized spacial score (nSPS) is 18.5. The fraction of sp³-hybridized carbons (Fsp3) is 0.500. The summed E-state index contributed by atoms with van der Waals surface area (Å²) in [5, 5.41) is 3.03. The molecule has 3 nitrogen and oxygen atoms in total. The molecule has 0 saturated carbocycles. The van der Waals surface area contributed by atoms with E-state index in [2.05, 4.69) is 5.32 Å². The fourth-order valence-electron chi connectivity index (χ4n) is 2.56. The van der Waals surface area contributed by atoms with Crippen molar-refractivity contribution in [2.24, 2.45) is 5.92 Å². The highest BCUT2D eigenvalue weighted by atomic mass is 35.5. The number of hydrogen-bond donors (Lipinski definition) is 1. The van der Waals surface area contributed by atoms with Crippen LogP contribution in [0.3, 0.4) is 0 Å². The Morgan fingerprint density at radius 2 is 2.05 bits per heavy atom. The third-order valence-electron chi connectivity index (χ3n) is 3.53. The Labute approximate surface area is 127 Å². The average molecular weight is 323 g/mol. The molecule has 1 aliphatic heterocycles. The minimum absolute atomic E-state index is 0. The van der Waals surface area contributed by atoms with Crippen LogP contribution in [0.25, 0.3) is 0 Å².